The minimum atomic E-state index is -4.02. The van der Waals surface area contributed by atoms with Gasteiger partial charge in [0.2, 0.25) is 10.0 Å². The number of hydrogen-bond acceptors (Lipinski definition) is 4. The van der Waals surface area contributed by atoms with Gasteiger partial charge in [0, 0.05) is 11.7 Å². The van der Waals surface area contributed by atoms with Crippen LogP contribution in [0.1, 0.15) is 25.7 Å². The molecular weight excluding hydrogens is 307 g/mol. The minimum Gasteiger partial charge on any atom is -0.399 e. The molecule has 1 saturated carbocycles. The van der Waals surface area contributed by atoms with Crippen molar-refractivity contribution in [2.45, 2.75) is 42.7 Å². The summed E-state index contributed by atoms with van der Waals surface area (Å²) in [4.78, 5) is -0.548. The van der Waals surface area contributed by atoms with Crippen LogP contribution in [0.5, 0.6) is 0 Å². The van der Waals surface area contributed by atoms with Gasteiger partial charge in [-0.15, -0.1) is 0 Å². The van der Waals surface area contributed by atoms with E-state index >= 15 is 0 Å². The fourth-order valence-electron chi connectivity index (χ4n) is 2.26. The second-order valence-electron chi connectivity index (χ2n) is 4.94. The highest BCUT2D eigenvalue weighted by Gasteiger charge is 2.27. The Morgan fingerprint density at radius 3 is 2.50 bits per heavy atom. The number of nitrogen functional groups attached to an aromatic ring is 1. The second kappa shape index (κ2) is 5.85. The van der Waals surface area contributed by atoms with E-state index in [1.54, 1.807) is 0 Å². The highest BCUT2D eigenvalue weighted by Crippen LogP contribution is 2.27. The number of benzene rings is 1. The summed E-state index contributed by atoms with van der Waals surface area (Å²) < 4.78 is 40.6. The number of anilines is 1. The zero-order valence-corrected chi connectivity index (χ0v) is 12.2. The van der Waals surface area contributed by atoms with Gasteiger partial charge in [0.1, 0.15) is 4.90 Å². The van der Waals surface area contributed by atoms with Gasteiger partial charge in [0.25, 0.3) is 0 Å². The summed E-state index contributed by atoms with van der Waals surface area (Å²) in [6.45, 7) is 0. The van der Waals surface area contributed by atoms with E-state index in [0.29, 0.717) is 25.7 Å². The molecule has 1 aromatic carbocycles. The zero-order valence-electron chi connectivity index (χ0n) is 10.6. The van der Waals surface area contributed by atoms with Crippen LogP contribution in [0, 0.1) is 5.82 Å². The maximum atomic E-state index is 13.8. The molecule has 0 bridgehead atoms. The average molecular weight is 323 g/mol. The normalized spacial score (nSPS) is 23.8. The molecule has 1 aliphatic carbocycles. The Balaban J connectivity index is 2.23. The van der Waals surface area contributed by atoms with E-state index in [-0.39, 0.29) is 16.8 Å². The van der Waals surface area contributed by atoms with Gasteiger partial charge in [-0.1, -0.05) is 11.6 Å². The summed E-state index contributed by atoms with van der Waals surface area (Å²) in [5.41, 5.74) is 5.58. The van der Waals surface area contributed by atoms with Crippen LogP contribution in [-0.2, 0) is 10.0 Å². The van der Waals surface area contributed by atoms with Gasteiger partial charge in [-0.05, 0) is 37.8 Å². The van der Waals surface area contributed by atoms with Gasteiger partial charge in [-0.3, -0.25) is 0 Å². The van der Waals surface area contributed by atoms with Crippen molar-refractivity contribution in [1.82, 2.24) is 4.72 Å². The number of nitrogens with two attached hydrogens (primary N) is 1. The van der Waals surface area contributed by atoms with Crippen molar-refractivity contribution in [2.75, 3.05) is 5.73 Å². The van der Waals surface area contributed by atoms with Gasteiger partial charge in [0.15, 0.2) is 5.82 Å². The lowest BCUT2D eigenvalue weighted by Gasteiger charge is -2.26. The van der Waals surface area contributed by atoms with Crippen molar-refractivity contribution < 1.29 is 17.9 Å². The Morgan fingerprint density at radius 1 is 1.30 bits per heavy atom. The van der Waals surface area contributed by atoms with Crippen molar-refractivity contribution >= 4 is 27.3 Å². The predicted molar refractivity (Wildman–Crippen MR) is 74.4 cm³/mol. The van der Waals surface area contributed by atoms with Crippen LogP contribution in [0.15, 0.2) is 17.0 Å². The molecule has 20 heavy (non-hydrogen) atoms. The fraction of sp³-hybridized carbons (Fsp3) is 0.500. The van der Waals surface area contributed by atoms with Gasteiger partial charge in [-0.25, -0.2) is 17.5 Å². The van der Waals surface area contributed by atoms with Crippen LogP contribution in [0.4, 0.5) is 10.1 Å². The molecule has 2 rings (SSSR count). The number of aliphatic hydroxyl groups is 1. The molecule has 1 aromatic rings. The number of halogens is 2. The SMILES string of the molecule is Nc1cc(Cl)c(F)c(S(=O)(=O)NC2CCC(O)CC2)c1. The standard InChI is InChI=1S/C12H16ClFN2O3S/c13-10-5-7(15)6-11(12(10)14)20(18,19)16-8-1-3-9(17)4-2-8/h5-6,8-9,16-17H,1-4,15H2. The summed E-state index contributed by atoms with van der Waals surface area (Å²) in [6.07, 6.45) is 1.67. The van der Waals surface area contributed by atoms with Crippen molar-refractivity contribution in [1.29, 1.82) is 0 Å². The first-order chi connectivity index (χ1) is 9.29. The number of nitrogens with one attached hydrogen (secondary N) is 1. The van der Waals surface area contributed by atoms with Gasteiger partial charge >= 0.3 is 0 Å². The van der Waals surface area contributed by atoms with Crippen molar-refractivity contribution in [3.05, 3.63) is 23.0 Å². The molecule has 1 aliphatic rings. The van der Waals surface area contributed by atoms with Crippen LogP contribution >= 0.6 is 11.6 Å². The Morgan fingerprint density at radius 2 is 1.90 bits per heavy atom. The molecule has 0 amide bonds. The van der Waals surface area contributed by atoms with Gasteiger partial charge in [0.05, 0.1) is 11.1 Å². The highest BCUT2D eigenvalue weighted by molar-refractivity contribution is 7.89. The van der Waals surface area contributed by atoms with E-state index in [1.807, 2.05) is 0 Å². The first-order valence-electron chi connectivity index (χ1n) is 6.24. The predicted octanol–water partition coefficient (Wildman–Crippen LogP) is 1.64. The van der Waals surface area contributed by atoms with Crippen LogP contribution in [-0.4, -0.2) is 25.7 Å². The van der Waals surface area contributed by atoms with Crippen molar-refractivity contribution in [3.63, 3.8) is 0 Å². The van der Waals surface area contributed by atoms with E-state index in [0.717, 1.165) is 12.1 Å². The lowest BCUT2D eigenvalue weighted by atomic mass is 9.94. The topological polar surface area (TPSA) is 92.4 Å². The molecule has 5 nitrogen and oxygen atoms in total. The minimum absolute atomic E-state index is 0.0795. The Labute approximate surface area is 122 Å². The molecule has 112 valence electrons. The van der Waals surface area contributed by atoms with Crippen molar-refractivity contribution in [2.24, 2.45) is 0 Å². The summed E-state index contributed by atoms with van der Waals surface area (Å²) in [6, 6.07) is 1.89. The third kappa shape index (κ3) is 3.41. The number of sulfonamides is 1. The lowest BCUT2D eigenvalue weighted by molar-refractivity contribution is 0.120. The summed E-state index contributed by atoms with van der Waals surface area (Å²) in [5.74, 6) is -1.01. The third-order valence-corrected chi connectivity index (χ3v) is 5.12. The van der Waals surface area contributed by atoms with E-state index in [2.05, 4.69) is 4.72 Å². The van der Waals surface area contributed by atoms with Gasteiger partial charge < -0.3 is 10.8 Å². The average Bonchev–Trinajstić information content (AvgIpc) is 2.36. The summed E-state index contributed by atoms with van der Waals surface area (Å²) in [5, 5.41) is 9.06. The Bertz CT molecular complexity index is 601. The summed E-state index contributed by atoms with van der Waals surface area (Å²) >= 11 is 5.61. The smallest absolute Gasteiger partial charge is 0.243 e. The first-order valence-corrected chi connectivity index (χ1v) is 8.10. The van der Waals surface area contributed by atoms with E-state index in [4.69, 9.17) is 17.3 Å². The summed E-state index contributed by atoms with van der Waals surface area (Å²) in [7, 11) is -4.02. The fourth-order valence-corrected chi connectivity index (χ4v) is 3.98. The quantitative estimate of drug-likeness (QED) is 0.738. The van der Waals surface area contributed by atoms with Crippen molar-refractivity contribution in [3.8, 4) is 0 Å². The monoisotopic (exact) mass is 322 g/mol. The number of hydrogen-bond donors (Lipinski definition) is 3. The van der Waals surface area contributed by atoms with Crippen LogP contribution < -0.4 is 10.5 Å². The molecule has 0 spiro atoms. The maximum absolute atomic E-state index is 13.8. The molecule has 0 aromatic heterocycles. The van der Waals surface area contributed by atoms with E-state index in [9.17, 15) is 17.9 Å². The second-order valence-corrected chi connectivity index (χ2v) is 7.03. The molecule has 4 N–H and O–H groups in total. The lowest BCUT2D eigenvalue weighted by Crippen LogP contribution is -2.38. The third-order valence-electron chi connectivity index (χ3n) is 3.33. The highest BCUT2D eigenvalue weighted by atomic mass is 35.5. The molecule has 0 aliphatic heterocycles. The molecule has 1 fully saturated rings. The molecule has 0 atom stereocenters. The zero-order chi connectivity index (χ0) is 14.9. The van der Waals surface area contributed by atoms with E-state index in [1.165, 1.54) is 0 Å². The molecule has 0 radical (unpaired) electrons. The van der Waals surface area contributed by atoms with E-state index < -0.39 is 26.8 Å². The largest absolute Gasteiger partial charge is 0.399 e. The number of aliphatic hydroxyl groups excluding tert-OH is 1. The number of rotatable bonds is 3. The molecular formula is C12H16ClFN2O3S. The molecule has 0 heterocycles. The Kier molecular flexibility index (Phi) is 4.53. The van der Waals surface area contributed by atoms with Crippen LogP contribution in [0.25, 0.3) is 0 Å². The van der Waals surface area contributed by atoms with Gasteiger partial charge in [-0.2, -0.15) is 0 Å². The van der Waals surface area contributed by atoms with Crippen LogP contribution in [0.2, 0.25) is 5.02 Å². The Hall–Kier alpha value is -0.890. The molecule has 0 unspecified atom stereocenters. The first kappa shape index (κ1) is 15.5. The molecule has 0 saturated heterocycles. The molecule has 8 heteroatoms. The van der Waals surface area contributed by atoms with Crippen LogP contribution in [0.3, 0.4) is 0 Å². The maximum Gasteiger partial charge on any atom is 0.243 e.